The van der Waals surface area contributed by atoms with Gasteiger partial charge in [0.25, 0.3) is 0 Å². The highest BCUT2D eigenvalue weighted by molar-refractivity contribution is 5.56. The van der Waals surface area contributed by atoms with E-state index in [-0.39, 0.29) is 6.61 Å². The molecule has 2 aromatic rings. The second-order valence-corrected chi connectivity index (χ2v) is 5.59. The molecule has 0 amide bonds. The average Bonchev–Trinajstić information content (AvgIpc) is 2.81. The fraction of sp³-hybridized carbons (Fsp3) is 0.562. The number of anilines is 1. The summed E-state index contributed by atoms with van der Waals surface area (Å²) in [5.74, 6) is 1.03. The molecule has 0 bridgehead atoms. The van der Waals surface area contributed by atoms with Crippen LogP contribution < -0.4 is 10.2 Å². The summed E-state index contributed by atoms with van der Waals surface area (Å²) in [6.07, 6.45) is 5.75. The van der Waals surface area contributed by atoms with E-state index >= 15 is 0 Å². The lowest BCUT2D eigenvalue weighted by molar-refractivity contribution is 0.283. The Hall–Kier alpha value is -1.59. The second kappa shape index (κ2) is 6.45. The van der Waals surface area contributed by atoms with Crippen molar-refractivity contribution in [2.75, 3.05) is 24.6 Å². The van der Waals surface area contributed by atoms with Crippen molar-refractivity contribution in [1.82, 2.24) is 14.7 Å². The van der Waals surface area contributed by atoms with Gasteiger partial charge in [0.15, 0.2) is 5.82 Å². The largest absolute Gasteiger partial charge is 0.395 e. The van der Waals surface area contributed by atoms with Crippen molar-refractivity contribution < 1.29 is 5.11 Å². The van der Waals surface area contributed by atoms with Gasteiger partial charge in [-0.05, 0) is 37.9 Å². The number of imidazole rings is 1. The number of nitrogens with zero attached hydrogens (tertiary/aromatic N) is 3. The normalized spacial score (nSPS) is 15.3. The number of aliphatic hydroxyl groups is 1. The van der Waals surface area contributed by atoms with Crippen LogP contribution in [0.4, 0.5) is 5.82 Å². The van der Waals surface area contributed by atoms with Crippen LogP contribution >= 0.6 is 0 Å². The van der Waals surface area contributed by atoms with E-state index in [1.165, 1.54) is 25.0 Å². The Bertz CT molecular complexity index is 591. The quantitative estimate of drug-likeness (QED) is 0.815. The zero-order chi connectivity index (χ0) is 14.7. The van der Waals surface area contributed by atoms with Crippen LogP contribution in [0.1, 0.15) is 31.9 Å². The number of hydrogen-bond donors (Lipinski definition) is 2. The molecule has 0 radical (unpaired) electrons. The van der Waals surface area contributed by atoms with Crippen LogP contribution in [0.5, 0.6) is 0 Å². The van der Waals surface area contributed by atoms with Crippen LogP contribution in [0.3, 0.4) is 0 Å². The van der Waals surface area contributed by atoms with Crippen molar-refractivity contribution in [2.24, 2.45) is 0 Å². The Kier molecular flexibility index (Phi) is 4.41. The van der Waals surface area contributed by atoms with Gasteiger partial charge in [0.05, 0.1) is 12.3 Å². The van der Waals surface area contributed by atoms with Gasteiger partial charge >= 0.3 is 0 Å². The summed E-state index contributed by atoms with van der Waals surface area (Å²) in [6, 6.07) is 6.62. The third kappa shape index (κ3) is 2.76. The minimum atomic E-state index is 0.172. The number of nitrogens with one attached hydrogen (secondary N) is 1. The molecule has 5 heteroatoms. The molecule has 0 spiro atoms. The summed E-state index contributed by atoms with van der Waals surface area (Å²) < 4.78 is 2.15. The van der Waals surface area contributed by atoms with Gasteiger partial charge in [0, 0.05) is 25.3 Å². The molecular weight excluding hydrogens is 264 g/mol. The lowest BCUT2D eigenvalue weighted by atomic mass is 9.91. The Balaban J connectivity index is 2.01. The van der Waals surface area contributed by atoms with Crippen LogP contribution in [0.25, 0.3) is 5.65 Å². The van der Waals surface area contributed by atoms with Crippen LogP contribution in [-0.2, 0) is 6.54 Å². The maximum Gasteiger partial charge on any atom is 0.152 e. The van der Waals surface area contributed by atoms with Gasteiger partial charge < -0.3 is 19.7 Å². The van der Waals surface area contributed by atoms with Gasteiger partial charge in [0.1, 0.15) is 5.65 Å². The molecule has 1 aliphatic carbocycles. The van der Waals surface area contributed by atoms with Crippen molar-refractivity contribution >= 4 is 11.5 Å². The summed E-state index contributed by atoms with van der Waals surface area (Å²) in [4.78, 5) is 7.12. The number of rotatable bonds is 7. The smallest absolute Gasteiger partial charge is 0.152 e. The molecule has 0 unspecified atom stereocenters. The summed E-state index contributed by atoms with van der Waals surface area (Å²) in [5.41, 5.74) is 2.16. The number of aromatic nitrogens is 2. The molecule has 3 rings (SSSR count). The van der Waals surface area contributed by atoms with Crippen LogP contribution in [-0.4, -0.2) is 40.2 Å². The predicted octanol–water partition coefficient (Wildman–Crippen LogP) is 1.79. The molecule has 2 aromatic heterocycles. The van der Waals surface area contributed by atoms with E-state index in [2.05, 4.69) is 27.7 Å². The van der Waals surface area contributed by atoms with Crippen molar-refractivity contribution in [2.45, 2.75) is 38.8 Å². The third-order valence-electron chi connectivity index (χ3n) is 4.28. The Morgan fingerprint density at radius 1 is 1.43 bits per heavy atom. The molecule has 2 heterocycles. The van der Waals surface area contributed by atoms with Crippen LogP contribution in [0.15, 0.2) is 24.4 Å². The van der Waals surface area contributed by atoms with Gasteiger partial charge in [-0.1, -0.05) is 13.0 Å². The van der Waals surface area contributed by atoms with Crippen LogP contribution in [0, 0.1) is 0 Å². The fourth-order valence-corrected chi connectivity index (χ4v) is 2.94. The minimum Gasteiger partial charge on any atom is -0.395 e. The summed E-state index contributed by atoms with van der Waals surface area (Å²) >= 11 is 0. The van der Waals surface area contributed by atoms with Crippen LogP contribution in [0.2, 0.25) is 0 Å². The first-order chi connectivity index (χ1) is 10.3. The number of aliphatic hydroxyl groups excluding tert-OH is 1. The maximum atomic E-state index is 9.42. The molecule has 2 N–H and O–H groups in total. The molecule has 1 aliphatic rings. The number of pyridine rings is 1. The van der Waals surface area contributed by atoms with E-state index in [4.69, 9.17) is 4.98 Å². The highest BCUT2D eigenvalue weighted by atomic mass is 16.3. The topological polar surface area (TPSA) is 52.8 Å². The zero-order valence-corrected chi connectivity index (χ0v) is 12.6. The van der Waals surface area contributed by atoms with Crippen molar-refractivity contribution in [3.8, 4) is 0 Å². The Morgan fingerprint density at radius 3 is 2.95 bits per heavy atom. The van der Waals surface area contributed by atoms with E-state index < -0.39 is 0 Å². The Morgan fingerprint density at radius 2 is 2.29 bits per heavy atom. The highest BCUT2D eigenvalue weighted by Gasteiger charge is 2.28. The predicted molar refractivity (Wildman–Crippen MR) is 84.6 cm³/mol. The number of hydrogen-bond acceptors (Lipinski definition) is 4. The standard InChI is InChI=1S/C16H24N4O/c1-2-17-12-14-16(18-15-8-3-4-9-20(14)15)19(10-11-21)13-6-5-7-13/h3-4,8-9,13,17,21H,2,5-7,10-12H2,1H3. The SMILES string of the molecule is CCNCc1c(N(CCO)C2CCC2)nc2ccccn12. The van der Waals surface area contributed by atoms with E-state index in [0.717, 1.165) is 24.6 Å². The van der Waals surface area contributed by atoms with E-state index in [0.29, 0.717) is 12.6 Å². The fourth-order valence-electron chi connectivity index (χ4n) is 2.94. The monoisotopic (exact) mass is 288 g/mol. The lowest BCUT2D eigenvalue weighted by Crippen LogP contribution is -2.42. The first-order valence-electron chi connectivity index (χ1n) is 7.89. The Labute approximate surface area is 125 Å². The molecule has 0 atom stereocenters. The molecule has 0 aromatic carbocycles. The van der Waals surface area contributed by atoms with Crippen molar-refractivity contribution in [1.29, 1.82) is 0 Å². The minimum absolute atomic E-state index is 0.172. The molecule has 0 saturated heterocycles. The van der Waals surface area contributed by atoms with E-state index in [1.807, 2.05) is 18.2 Å². The highest BCUT2D eigenvalue weighted by Crippen LogP contribution is 2.31. The van der Waals surface area contributed by atoms with Gasteiger partial charge in [0.2, 0.25) is 0 Å². The van der Waals surface area contributed by atoms with Gasteiger partial charge in [-0.25, -0.2) is 4.98 Å². The van der Waals surface area contributed by atoms with E-state index in [1.54, 1.807) is 0 Å². The van der Waals surface area contributed by atoms with Crippen molar-refractivity contribution in [3.05, 3.63) is 30.1 Å². The third-order valence-corrected chi connectivity index (χ3v) is 4.28. The zero-order valence-electron chi connectivity index (χ0n) is 12.6. The first-order valence-corrected chi connectivity index (χ1v) is 7.89. The second-order valence-electron chi connectivity index (χ2n) is 5.59. The summed E-state index contributed by atoms with van der Waals surface area (Å²) in [7, 11) is 0. The van der Waals surface area contributed by atoms with Gasteiger partial charge in [-0.3, -0.25) is 0 Å². The summed E-state index contributed by atoms with van der Waals surface area (Å²) in [6.45, 7) is 4.67. The molecule has 0 aliphatic heterocycles. The molecule has 1 saturated carbocycles. The molecule has 114 valence electrons. The first kappa shape index (κ1) is 14.4. The van der Waals surface area contributed by atoms with Gasteiger partial charge in [-0.2, -0.15) is 0 Å². The maximum absolute atomic E-state index is 9.42. The van der Waals surface area contributed by atoms with Gasteiger partial charge in [-0.15, -0.1) is 0 Å². The van der Waals surface area contributed by atoms with E-state index in [9.17, 15) is 5.11 Å². The molecule has 5 nitrogen and oxygen atoms in total. The summed E-state index contributed by atoms with van der Waals surface area (Å²) in [5, 5.41) is 12.8. The lowest BCUT2D eigenvalue weighted by Gasteiger charge is -2.38. The molecular formula is C16H24N4O. The molecule has 1 fully saturated rings. The average molecular weight is 288 g/mol. The number of fused-ring (bicyclic) bond motifs is 1. The molecule has 21 heavy (non-hydrogen) atoms. The van der Waals surface area contributed by atoms with Crippen molar-refractivity contribution in [3.63, 3.8) is 0 Å².